The van der Waals surface area contributed by atoms with Crippen molar-refractivity contribution >= 4 is 23.2 Å². The van der Waals surface area contributed by atoms with E-state index in [-0.39, 0.29) is 101 Å². The van der Waals surface area contributed by atoms with E-state index in [0.29, 0.717) is 78.3 Å². The molecule has 6 rings (SSSR count). The molecule has 0 aromatic rings. The van der Waals surface area contributed by atoms with Crippen LogP contribution in [0.5, 0.6) is 0 Å². The van der Waals surface area contributed by atoms with Crippen LogP contribution in [0.4, 0.5) is 0 Å². The molecule has 11 nitrogen and oxygen atoms in total. The number of epoxide rings is 2. The Hall–Kier alpha value is 2.14. The van der Waals surface area contributed by atoms with E-state index in [1.54, 1.807) is 0 Å². The van der Waals surface area contributed by atoms with Crippen LogP contribution in [0, 0.1) is 71.0 Å². The van der Waals surface area contributed by atoms with Gasteiger partial charge in [0.15, 0.2) is 0 Å². The summed E-state index contributed by atoms with van der Waals surface area (Å²) in [5.74, 6) is 9.21. The third-order valence-corrected chi connectivity index (χ3v) is 15.4. The van der Waals surface area contributed by atoms with Gasteiger partial charge in [-0.3, -0.25) is 0 Å². The van der Waals surface area contributed by atoms with E-state index < -0.39 is 12.2 Å². The zero-order valence-electron chi connectivity index (χ0n) is 45.2. The monoisotopic (exact) mass is 1020 g/mol. The van der Waals surface area contributed by atoms with Crippen molar-refractivity contribution in [3.05, 3.63) is 0 Å². The van der Waals surface area contributed by atoms with Gasteiger partial charge >= 0.3 is 59.1 Å². The first-order valence-electron chi connectivity index (χ1n) is 25.6. The minimum absolute atomic E-state index is 0. The summed E-state index contributed by atoms with van der Waals surface area (Å²) in [7, 11) is 0. The van der Waals surface area contributed by atoms with Crippen LogP contribution in [0.2, 0.25) is 0 Å². The number of hydrogen-bond donors (Lipinski definition) is 4. The summed E-state index contributed by atoms with van der Waals surface area (Å²) in [6.45, 7) is 30.2. The Balaban J connectivity index is -0.000000776. The summed E-state index contributed by atoms with van der Waals surface area (Å²) in [6, 6.07) is 0. The first-order chi connectivity index (χ1) is 29.8. The fraction of sp³-hybridized carbons (Fsp3) is 1.00. The molecule has 67 heavy (non-hydrogen) atoms. The molecule has 6 N–H and O–H groups in total. The number of aliphatic hydroxyl groups excluding tert-OH is 4. The number of hydrogen-bond acceptors (Lipinski definition) is 11. The number of ether oxygens (including phenoxy) is 5. The molecule has 4 aliphatic carbocycles. The van der Waals surface area contributed by atoms with Gasteiger partial charge in [0.2, 0.25) is 0 Å². The zero-order chi connectivity index (χ0) is 47.2. The Morgan fingerprint density at radius 1 is 0.507 bits per heavy atom. The molecule has 6 aliphatic rings. The maximum atomic E-state index is 9.71. The molecule has 2 heterocycles. The largest absolute Gasteiger partial charge is 1.00 e. The predicted octanol–water partition coefficient (Wildman–Crippen LogP) is 4.46. The molecule has 15 heteroatoms. The van der Waals surface area contributed by atoms with Crippen molar-refractivity contribution in [1.82, 2.24) is 0 Å². The summed E-state index contributed by atoms with van der Waals surface area (Å²) in [5.41, 5.74) is 0. The second kappa shape index (κ2) is 40.5. The van der Waals surface area contributed by atoms with Crippen LogP contribution in [0.1, 0.15) is 160 Å². The smallest absolute Gasteiger partial charge is 0.870 e. The molecule has 6 fully saturated rings. The van der Waals surface area contributed by atoms with Gasteiger partial charge in [0.1, 0.15) is 12.2 Å². The molecule has 2 aliphatic heterocycles. The summed E-state index contributed by atoms with van der Waals surface area (Å²) < 4.78 is 27.6. The van der Waals surface area contributed by atoms with Gasteiger partial charge in [-0.2, -0.15) is 0 Å². The fourth-order valence-electron chi connectivity index (χ4n) is 10.2. The predicted molar refractivity (Wildman–Crippen MR) is 264 cm³/mol. The Bertz CT molecular complexity index is 1100. The maximum absolute atomic E-state index is 9.71. The van der Waals surface area contributed by atoms with E-state index in [9.17, 15) is 15.3 Å². The van der Waals surface area contributed by atoms with Gasteiger partial charge in [-0.1, -0.05) is 109 Å². The number of halogens is 2. The second-order valence-corrected chi connectivity index (χ2v) is 22.8. The van der Waals surface area contributed by atoms with Gasteiger partial charge in [0.05, 0.1) is 88.0 Å². The molecule has 4 unspecified atom stereocenters. The molecule has 0 amide bonds. The first kappa shape index (κ1) is 73.4. The Morgan fingerprint density at radius 3 is 1.12 bits per heavy atom. The maximum Gasteiger partial charge on any atom is 1.00 e. The summed E-state index contributed by atoms with van der Waals surface area (Å²) in [5, 5.41) is 37.2. The Kier molecular flexibility index (Phi) is 44.3. The molecule has 0 bridgehead atoms. The van der Waals surface area contributed by atoms with Crippen molar-refractivity contribution in [2.24, 2.45) is 71.0 Å². The average Bonchev–Trinajstić information content (AvgIpc) is 4.18. The number of aliphatic hydroxyl groups is 4. The molecule has 4 saturated carbocycles. The molecule has 392 valence electrons. The molecule has 2 saturated heterocycles. The molecule has 16 atom stereocenters. The minimum Gasteiger partial charge on any atom is -0.870 e. The topological polar surface area (TPSA) is 194 Å². The third-order valence-electron chi connectivity index (χ3n) is 14.7. The normalized spacial score (nSPS) is 33.9. The Labute approximate surface area is 464 Å². The van der Waals surface area contributed by atoms with Crippen LogP contribution in [-0.2, 0) is 23.7 Å². The van der Waals surface area contributed by atoms with Crippen LogP contribution < -0.4 is 59.1 Å². The van der Waals surface area contributed by atoms with Crippen molar-refractivity contribution in [2.45, 2.75) is 209 Å². The average molecular weight is 1020 g/mol. The van der Waals surface area contributed by atoms with Crippen LogP contribution in [0.3, 0.4) is 0 Å². The van der Waals surface area contributed by atoms with E-state index in [0.717, 1.165) is 68.7 Å². The number of alkyl halides is 2. The van der Waals surface area contributed by atoms with E-state index in [1.165, 1.54) is 57.8 Å². The fourth-order valence-corrected chi connectivity index (χ4v) is 10.5. The minimum atomic E-state index is -0.731. The summed E-state index contributed by atoms with van der Waals surface area (Å²) in [4.78, 5) is 0. The molecular formula is C52H102Cl2Na2O11. The van der Waals surface area contributed by atoms with Crippen LogP contribution in [0.25, 0.3) is 0 Å². The van der Waals surface area contributed by atoms with E-state index >= 15 is 0 Å². The molecule has 0 aromatic heterocycles. The van der Waals surface area contributed by atoms with Gasteiger partial charge in [0.25, 0.3) is 0 Å². The standard InChI is InChI=1S/C13H25ClO2.C13H26O3.C13H24O2.C10H20O.C3H5ClO.2Na.2H2O/c2*1-9(2)12-5-4-10(3)6-13(12)16-8-11(15)7-14;1-9(2)12-5-4-10(3)6-13(12)15-8-11-7-14-11;1-7(2)9-5-4-8(3)6-10(9)11;4-1-3-2-5-3;;;;/h9-13,15H,4-8H2,1-3H3;9-15H,4-8H2,1-3H3;9-13H,4-8H2,1-3H3;7-11H,4-6H2,1-3H3;3H,1-2H2;;;2*1H2/q;;;;;2*+1;;/p-2/t3*10-,11?,12+,13+;8-,9+,10+;;;;;/m1111...../s1. The molecule has 0 spiro atoms. The molecule has 0 radical (unpaired) electrons. The zero-order valence-corrected chi connectivity index (χ0v) is 50.7. The van der Waals surface area contributed by atoms with Crippen LogP contribution in [-0.4, -0.2) is 132 Å². The van der Waals surface area contributed by atoms with Crippen molar-refractivity contribution < 1.29 is 114 Å². The summed E-state index contributed by atoms with van der Waals surface area (Å²) in [6.07, 6.45) is 15.4. The van der Waals surface area contributed by atoms with Gasteiger partial charge in [-0.25, -0.2) is 0 Å². The van der Waals surface area contributed by atoms with Crippen molar-refractivity contribution in [2.75, 3.05) is 51.4 Å². The van der Waals surface area contributed by atoms with Gasteiger partial charge in [-0.15, -0.1) is 23.2 Å². The van der Waals surface area contributed by atoms with Gasteiger partial charge in [-0.05, 0) is 122 Å². The first-order valence-corrected chi connectivity index (χ1v) is 26.7. The van der Waals surface area contributed by atoms with Crippen molar-refractivity contribution in [3.63, 3.8) is 0 Å². The van der Waals surface area contributed by atoms with E-state index in [2.05, 4.69) is 83.1 Å². The third kappa shape index (κ3) is 31.6. The SMILES string of the molecule is CC(C)[C@@H]1CC[C@@H](C)C[C@@H]1O.CC(C)[C@@H]1CC[C@@H](C)C[C@@H]1OCC(O)CCl.CC(C)[C@@H]1CC[C@@H](C)C[C@@H]1OCC(O)CO.CC(C)[C@@H]1CC[C@@H](C)C[C@@H]1OCC1CO1.ClCC1CO1.[Na+].[Na+].[OH-].[OH-]. The summed E-state index contributed by atoms with van der Waals surface area (Å²) >= 11 is 10.8. The van der Waals surface area contributed by atoms with Crippen molar-refractivity contribution in [3.8, 4) is 0 Å². The Morgan fingerprint density at radius 2 is 0.836 bits per heavy atom. The van der Waals surface area contributed by atoms with E-state index in [4.69, 9.17) is 52.0 Å². The van der Waals surface area contributed by atoms with Crippen LogP contribution in [0.15, 0.2) is 0 Å². The molecule has 0 aromatic carbocycles. The van der Waals surface area contributed by atoms with Crippen LogP contribution >= 0.6 is 23.2 Å². The van der Waals surface area contributed by atoms with E-state index in [1.807, 2.05) is 0 Å². The van der Waals surface area contributed by atoms with Gasteiger partial charge < -0.3 is 55.1 Å². The molecular weight excluding hydrogens is 917 g/mol. The second-order valence-electron chi connectivity index (χ2n) is 22.2. The van der Waals surface area contributed by atoms with Crippen molar-refractivity contribution in [1.29, 1.82) is 0 Å². The quantitative estimate of drug-likeness (QED) is 0.0970. The van der Waals surface area contributed by atoms with Gasteiger partial charge in [0, 0.05) is 0 Å². The number of rotatable bonds is 16.